The first-order chi connectivity index (χ1) is 10.0. The van der Waals surface area contributed by atoms with E-state index in [4.69, 9.17) is 5.11 Å². The Kier molecular flexibility index (Phi) is 4.03. The number of hydrogen-bond acceptors (Lipinski definition) is 4. The van der Waals surface area contributed by atoms with Gasteiger partial charge in [0.05, 0.1) is 6.10 Å². The van der Waals surface area contributed by atoms with Gasteiger partial charge in [0.25, 0.3) is 0 Å². The minimum absolute atomic E-state index is 0.123. The van der Waals surface area contributed by atoms with Gasteiger partial charge in [-0.1, -0.05) is 0 Å². The Morgan fingerprint density at radius 1 is 1.10 bits per heavy atom. The average Bonchev–Trinajstić information content (AvgIpc) is 3.18. The predicted molar refractivity (Wildman–Crippen MR) is 74.9 cm³/mol. The van der Waals surface area contributed by atoms with Crippen LogP contribution in [0.1, 0.15) is 19.3 Å². The largest absolute Gasteiger partial charge is 0.480 e. The molecule has 3 fully saturated rings. The number of rotatable bonds is 3. The number of aliphatic hydroxyl groups excluding tert-OH is 1. The lowest BCUT2D eigenvalue weighted by molar-refractivity contribution is -0.141. The third-order valence-corrected chi connectivity index (χ3v) is 4.67. The van der Waals surface area contributed by atoms with E-state index in [0.717, 1.165) is 25.6 Å². The number of aliphatic hydroxyl groups is 1. The van der Waals surface area contributed by atoms with Gasteiger partial charge >= 0.3 is 12.0 Å². The van der Waals surface area contributed by atoms with Crippen molar-refractivity contribution in [3.63, 3.8) is 0 Å². The number of carbonyl (C=O) groups excluding carboxylic acids is 1. The van der Waals surface area contributed by atoms with Gasteiger partial charge in [-0.15, -0.1) is 0 Å². The quantitative estimate of drug-likeness (QED) is 0.744. The second kappa shape index (κ2) is 5.81. The average molecular weight is 297 g/mol. The monoisotopic (exact) mass is 297 g/mol. The van der Waals surface area contributed by atoms with Crippen LogP contribution in [-0.2, 0) is 4.79 Å². The smallest absolute Gasteiger partial charge is 0.326 e. The van der Waals surface area contributed by atoms with Gasteiger partial charge in [-0.3, -0.25) is 4.90 Å². The SMILES string of the molecule is O=C(O)C1CC(O)CN1C(=O)N1CCN(CC2CC2)CC1. The molecule has 2 saturated heterocycles. The van der Waals surface area contributed by atoms with Crippen molar-refractivity contribution in [1.29, 1.82) is 0 Å². The minimum Gasteiger partial charge on any atom is -0.480 e. The number of piperazine rings is 1. The zero-order valence-electron chi connectivity index (χ0n) is 12.1. The van der Waals surface area contributed by atoms with Crippen molar-refractivity contribution in [2.75, 3.05) is 39.3 Å². The zero-order chi connectivity index (χ0) is 15.0. The van der Waals surface area contributed by atoms with Crippen LogP contribution in [0.2, 0.25) is 0 Å². The van der Waals surface area contributed by atoms with Gasteiger partial charge in [0, 0.05) is 45.7 Å². The summed E-state index contributed by atoms with van der Waals surface area (Å²) < 4.78 is 0. The van der Waals surface area contributed by atoms with Crippen LogP contribution in [0.3, 0.4) is 0 Å². The predicted octanol–water partition coefficient (Wildman–Crippen LogP) is -0.346. The summed E-state index contributed by atoms with van der Waals surface area (Å²) in [4.78, 5) is 29.1. The van der Waals surface area contributed by atoms with Crippen LogP contribution >= 0.6 is 0 Å². The molecule has 0 radical (unpaired) electrons. The fourth-order valence-electron chi connectivity index (χ4n) is 3.23. The van der Waals surface area contributed by atoms with E-state index < -0.39 is 18.1 Å². The molecule has 0 aromatic heterocycles. The maximum atomic E-state index is 12.5. The number of nitrogens with zero attached hydrogens (tertiary/aromatic N) is 3. The highest BCUT2D eigenvalue weighted by Crippen LogP contribution is 2.30. The Morgan fingerprint density at radius 3 is 2.33 bits per heavy atom. The molecule has 2 unspecified atom stereocenters. The number of carboxylic acids is 1. The summed E-state index contributed by atoms with van der Waals surface area (Å²) in [5.41, 5.74) is 0. The van der Waals surface area contributed by atoms with Crippen molar-refractivity contribution in [2.24, 2.45) is 5.92 Å². The van der Waals surface area contributed by atoms with Crippen LogP contribution < -0.4 is 0 Å². The number of likely N-dealkylation sites (tertiary alicyclic amines) is 1. The normalized spacial score (nSPS) is 30.7. The number of carbonyl (C=O) groups is 2. The summed E-state index contributed by atoms with van der Waals surface area (Å²) in [5, 5.41) is 18.8. The van der Waals surface area contributed by atoms with Gasteiger partial charge in [-0.25, -0.2) is 9.59 Å². The van der Waals surface area contributed by atoms with Crippen LogP contribution in [0, 0.1) is 5.92 Å². The molecule has 2 aliphatic heterocycles. The molecule has 21 heavy (non-hydrogen) atoms. The van der Waals surface area contributed by atoms with Gasteiger partial charge in [0.15, 0.2) is 0 Å². The molecule has 2 heterocycles. The molecule has 0 aromatic rings. The van der Waals surface area contributed by atoms with Crippen LogP contribution in [0.5, 0.6) is 0 Å². The first-order valence-electron chi connectivity index (χ1n) is 7.73. The number of β-amino-alcohol motifs (C(OH)–C–C–N with tert-alkyl or cyclic N) is 1. The van der Waals surface area contributed by atoms with Crippen molar-refractivity contribution in [3.05, 3.63) is 0 Å². The Hall–Kier alpha value is -1.34. The van der Waals surface area contributed by atoms with Gasteiger partial charge < -0.3 is 20.0 Å². The molecule has 2 N–H and O–H groups in total. The standard InChI is InChI=1S/C14H23N3O4/c18-11-7-12(13(19)20)17(9-11)14(21)16-5-3-15(4-6-16)8-10-1-2-10/h10-12,18H,1-9H2,(H,19,20). The van der Waals surface area contributed by atoms with E-state index in [9.17, 15) is 14.7 Å². The van der Waals surface area contributed by atoms with E-state index in [1.807, 2.05) is 0 Å². The molecule has 3 rings (SSSR count). The third-order valence-electron chi connectivity index (χ3n) is 4.67. The number of carboxylic acid groups (broad SMARTS) is 1. The summed E-state index contributed by atoms with van der Waals surface area (Å²) >= 11 is 0. The van der Waals surface area contributed by atoms with Crippen molar-refractivity contribution in [2.45, 2.75) is 31.4 Å². The Labute approximate surface area is 124 Å². The maximum Gasteiger partial charge on any atom is 0.326 e. The second-order valence-corrected chi connectivity index (χ2v) is 6.41. The molecule has 7 nitrogen and oxygen atoms in total. The van der Waals surface area contributed by atoms with Gasteiger partial charge in [-0.2, -0.15) is 0 Å². The van der Waals surface area contributed by atoms with E-state index >= 15 is 0 Å². The van der Waals surface area contributed by atoms with E-state index in [-0.39, 0.29) is 19.0 Å². The number of aliphatic carboxylic acids is 1. The lowest BCUT2D eigenvalue weighted by atomic mass is 10.2. The lowest BCUT2D eigenvalue weighted by Gasteiger charge is -2.37. The van der Waals surface area contributed by atoms with Crippen LogP contribution in [0.4, 0.5) is 4.79 Å². The molecule has 0 bridgehead atoms. The number of hydrogen-bond donors (Lipinski definition) is 2. The van der Waals surface area contributed by atoms with Crippen molar-refractivity contribution in [1.82, 2.24) is 14.7 Å². The molecule has 0 aromatic carbocycles. The summed E-state index contributed by atoms with van der Waals surface area (Å²) in [7, 11) is 0. The van der Waals surface area contributed by atoms with Gasteiger partial charge in [0.2, 0.25) is 0 Å². The Balaban J connectivity index is 1.54. The molecule has 2 amide bonds. The minimum atomic E-state index is -1.03. The molecule has 2 atom stereocenters. The fourth-order valence-corrected chi connectivity index (χ4v) is 3.23. The van der Waals surface area contributed by atoms with Crippen LogP contribution in [0.25, 0.3) is 0 Å². The number of amides is 2. The molecule has 118 valence electrons. The summed E-state index contributed by atoms with van der Waals surface area (Å²) in [6, 6.07) is -1.14. The topological polar surface area (TPSA) is 84.3 Å². The van der Waals surface area contributed by atoms with Crippen molar-refractivity contribution < 1.29 is 19.8 Å². The van der Waals surface area contributed by atoms with Gasteiger partial charge in [0.1, 0.15) is 6.04 Å². The molecular weight excluding hydrogens is 274 g/mol. The van der Waals surface area contributed by atoms with Crippen molar-refractivity contribution >= 4 is 12.0 Å². The molecule has 1 saturated carbocycles. The molecule has 0 spiro atoms. The highest BCUT2D eigenvalue weighted by molar-refractivity contribution is 5.83. The van der Waals surface area contributed by atoms with Crippen LogP contribution in [0.15, 0.2) is 0 Å². The van der Waals surface area contributed by atoms with E-state index in [2.05, 4.69) is 4.90 Å². The Bertz CT molecular complexity index is 418. The van der Waals surface area contributed by atoms with Crippen molar-refractivity contribution in [3.8, 4) is 0 Å². The highest BCUT2D eigenvalue weighted by Gasteiger charge is 2.41. The molecule has 3 aliphatic rings. The molecular formula is C14H23N3O4. The zero-order valence-corrected chi connectivity index (χ0v) is 12.1. The maximum absolute atomic E-state index is 12.5. The lowest BCUT2D eigenvalue weighted by Crippen LogP contribution is -2.55. The highest BCUT2D eigenvalue weighted by atomic mass is 16.4. The van der Waals surface area contributed by atoms with E-state index in [1.54, 1.807) is 4.90 Å². The summed E-state index contributed by atoms with van der Waals surface area (Å²) in [5.74, 6) is -0.190. The Morgan fingerprint density at radius 2 is 1.76 bits per heavy atom. The van der Waals surface area contributed by atoms with E-state index in [1.165, 1.54) is 17.7 Å². The van der Waals surface area contributed by atoms with E-state index in [0.29, 0.717) is 13.1 Å². The number of urea groups is 1. The summed E-state index contributed by atoms with van der Waals surface area (Å²) in [6.07, 6.45) is 2.05. The fraction of sp³-hybridized carbons (Fsp3) is 0.857. The first kappa shape index (κ1) is 14.6. The third kappa shape index (κ3) is 3.29. The first-order valence-corrected chi connectivity index (χ1v) is 7.73. The second-order valence-electron chi connectivity index (χ2n) is 6.41. The summed E-state index contributed by atoms with van der Waals surface area (Å²) in [6.45, 7) is 4.25. The van der Waals surface area contributed by atoms with Gasteiger partial charge in [-0.05, 0) is 18.8 Å². The van der Waals surface area contributed by atoms with Crippen LogP contribution in [-0.4, -0.2) is 88.3 Å². The molecule has 7 heteroatoms. The molecule has 1 aliphatic carbocycles.